The molecule has 0 saturated heterocycles. The lowest BCUT2D eigenvalue weighted by Crippen LogP contribution is -2.37. The molecular formula is C29H45NO11. The van der Waals surface area contributed by atoms with Gasteiger partial charge in [-0.1, -0.05) is 33.8 Å². The molecule has 0 saturated carbocycles. The Morgan fingerprint density at radius 3 is 1.83 bits per heavy atom. The van der Waals surface area contributed by atoms with E-state index >= 15 is 0 Å². The molecule has 0 aliphatic carbocycles. The summed E-state index contributed by atoms with van der Waals surface area (Å²) in [5, 5.41) is 0. The van der Waals surface area contributed by atoms with Gasteiger partial charge in [0.25, 0.3) is 0 Å². The predicted molar refractivity (Wildman–Crippen MR) is 149 cm³/mol. The summed E-state index contributed by atoms with van der Waals surface area (Å²) < 4.78 is 36.0. The standard InChI is InChI=1S/C29H45NO11/c1-18(2)11-13-35-26(32)39-23-10-9-21(16-24(23)40-27(33)36-14-12-19(3)4)15-22(30)25(31)38-20(5)17-37-28(34)41-29(6,7)8/h9-10,16,18-20,22H,11-15,17,30H2,1-8H3/t20-,22-/m0/s1. The van der Waals surface area contributed by atoms with Gasteiger partial charge in [0.1, 0.15) is 24.4 Å². The minimum atomic E-state index is -1.10. The van der Waals surface area contributed by atoms with E-state index in [0.717, 1.165) is 0 Å². The van der Waals surface area contributed by atoms with E-state index in [1.807, 2.05) is 27.7 Å². The molecule has 0 bridgehead atoms. The zero-order valence-electron chi connectivity index (χ0n) is 25.4. The van der Waals surface area contributed by atoms with Gasteiger partial charge in [-0.3, -0.25) is 4.79 Å². The molecule has 2 N–H and O–H groups in total. The second kappa shape index (κ2) is 17.3. The fourth-order valence-electron chi connectivity index (χ4n) is 2.96. The predicted octanol–water partition coefficient (Wildman–Crippen LogP) is 5.56. The van der Waals surface area contributed by atoms with Gasteiger partial charge in [0.2, 0.25) is 0 Å². The van der Waals surface area contributed by atoms with Crippen molar-refractivity contribution in [2.75, 3.05) is 19.8 Å². The molecule has 41 heavy (non-hydrogen) atoms. The Morgan fingerprint density at radius 2 is 1.32 bits per heavy atom. The SMILES string of the molecule is CC(C)CCOC(=O)Oc1ccc(C[C@H](N)C(=O)O[C@@H](C)COC(=O)OC(C)(C)C)cc1OC(=O)OCCC(C)C. The van der Waals surface area contributed by atoms with E-state index in [9.17, 15) is 19.2 Å². The zero-order valence-corrected chi connectivity index (χ0v) is 25.4. The molecule has 1 aromatic carbocycles. The first-order chi connectivity index (χ1) is 19.1. The van der Waals surface area contributed by atoms with Gasteiger partial charge < -0.3 is 38.9 Å². The van der Waals surface area contributed by atoms with Crippen LogP contribution in [0.4, 0.5) is 14.4 Å². The Labute approximate surface area is 242 Å². The smallest absolute Gasteiger partial charge is 0.458 e. The van der Waals surface area contributed by atoms with Crippen molar-refractivity contribution in [3.63, 3.8) is 0 Å². The third kappa shape index (κ3) is 16.3. The Kier molecular flexibility index (Phi) is 15.0. The van der Waals surface area contributed by atoms with Crippen molar-refractivity contribution >= 4 is 24.4 Å². The molecule has 1 aromatic rings. The summed E-state index contributed by atoms with van der Waals surface area (Å²) in [6.07, 6.45) is -2.32. The van der Waals surface area contributed by atoms with Crippen LogP contribution in [0.3, 0.4) is 0 Å². The van der Waals surface area contributed by atoms with Gasteiger partial charge in [-0.05, 0) is 76.5 Å². The van der Waals surface area contributed by atoms with Crippen LogP contribution in [0.25, 0.3) is 0 Å². The Bertz CT molecular complexity index is 1000. The lowest BCUT2D eigenvalue weighted by molar-refractivity contribution is -0.152. The molecule has 0 radical (unpaired) electrons. The molecule has 0 heterocycles. The first-order valence-corrected chi connectivity index (χ1v) is 13.7. The molecule has 2 atom stereocenters. The lowest BCUT2D eigenvalue weighted by atomic mass is 10.1. The fraction of sp³-hybridized carbons (Fsp3) is 0.655. The Morgan fingerprint density at radius 1 is 0.780 bits per heavy atom. The van der Waals surface area contributed by atoms with Crippen LogP contribution >= 0.6 is 0 Å². The molecule has 0 aliphatic rings. The monoisotopic (exact) mass is 583 g/mol. The van der Waals surface area contributed by atoms with Crippen molar-refractivity contribution in [1.29, 1.82) is 0 Å². The highest BCUT2D eigenvalue weighted by Crippen LogP contribution is 2.30. The molecule has 12 heteroatoms. The quantitative estimate of drug-likeness (QED) is 0.165. The first-order valence-electron chi connectivity index (χ1n) is 13.7. The second-order valence-electron chi connectivity index (χ2n) is 11.4. The molecule has 0 unspecified atom stereocenters. The van der Waals surface area contributed by atoms with Crippen LogP contribution in [0.1, 0.15) is 73.8 Å². The molecule has 0 fully saturated rings. The Balaban J connectivity index is 2.86. The molecule has 0 aliphatic heterocycles. The molecule has 0 aromatic heterocycles. The third-order valence-corrected chi connectivity index (χ3v) is 5.13. The summed E-state index contributed by atoms with van der Waals surface area (Å²) in [5.41, 5.74) is 5.80. The number of nitrogens with two attached hydrogens (primary N) is 1. The highest BCUT2D eigenvalue weighted by Gasteiger charge is 2.23. The van der Waals surface area contributed by atoms with Gasteiger partial charge in [0.05, 0.1) is 13.2 Å². The first kappa shape index (κ1) is 35.5. The normalized spacial score (nSPS) is 12.8. The van der Waals surface area contributed by atoms with Crippen molar-refractivity contribution in [2.45, 2.75) is 92.4 Å². The molecule has 232 valence electrons. The van der Waals surface area contributed by atoms with Crippen LogP contribution < -0.4 is 15.2 Å². The van der Waals surface area contributed by atoms with E-state index in [-0.39, 0.29) is 37.7 Å². The van der Waals surface area contributed by atoms with Crippen molar-refractivity contribution in [2.24, 2.45) is 17.6 Å². The number of rotatable bonds is 14. The van der Waals surface area contributed by atoms with E-state index in [4.69, 9.17) is 38.9 Å². The molecule has 0 spiro atoms. The number of carbonyl (C=O) groups is 4. The van der Waals surface area contributed by atoms with Crippen LogP contribution in [0.2, 0.25) is 0 Å². The van der Waals surface area contributed by atoms with E-state index in [2.05, 4.69) is 0 Å². The minimum Gasteiger partial charge on any atom is -0.458 e. The number of ether oxygens (including phenoxy) is 7. The second-order valence-corrected chi connectivity index (χ2v) is 11.4. The summed E-state index contributed by atoms with van der Waals surface area (Å²) in [5.74, 6) is -0.280. The maximum Gasteiger partial charge on any atom is 0.513 e. The van der Waals surface area contributed by atoms with E-state index < -0.39 is 42.2 Å². The summed E-state index contributed by atoms with van der Waals surface area (Å²) in [6, 6.07) is 3.25. The van der Waals surface area contributed by atoms with Gasteiger partial charge >= 0.3 is 24.4 Å². The largest absolute Gasteiger partial charge is 0.513 e. The zero-order chi connectivity index (χ0) is 31.2. The number of esters is 1. The van der Waals surface area contributed by atoms with Gasteiger partial charge in [-0.2, -0.15) is 0 Å². The lowest BCUT2D eigenvalue weighted by Gasteiger charge is -2.20. The number of hydrogen-bond donors (Lipinski definition) is 1. The van der Waals surface area contributed by atoms with Gasteiger partial charge in [-0.25, -0.2) is 14.4 Å². The van der Waals surface area contributed by atoms with Crippen molar-refractivity contribution < 1.29 is 52.3 Å². The maximum absolute atomic E-state index is 12.5. The van der Waals surface area contributed by atoms with E-state index in [0.29, 0.717) is 30.2 Å². The van der Waals surface area contributed by atoms with E-state index in [1.54, 1.807) is 26.8 Å². The number of carbonyl (C=O) groups excluding carboxylic acids is 4. The van der Waals surface area contributed by atoms with Crippen molar-refractivity contribution in [3.8, 4) is 11.5 Å². The summed E-state index contributed by atoms with van der Waals surface area (Å²) >= 11 is 0. The number of benzene rings is 1. The van der Waals surface area contributed by atoms with Crippen LogP contribution in [-0.2, 0) is 34.9 Å². The average Bonchev–Trinajstić information content (AvgIpc) is 2.82. The highest BCUT2D eigenvalue weighted by molar-refractivity contribution is 5.76. The average molecular weight is 584 g/mol. The van der Waals surface area contributed by atoms with Crippen LogP contribution in [-0.4, -0.2) is 62.0 Å². The highest BCUT2D eigenvalue weighted by atomic mass is 16.8. The maximum atomic E-state index is 12.5. The third-order valence-electron chi connectivity index (χ3n) is 5.13. The van der Waals surface area contributed by atoms with Crippen LogP contribution in [0.5, 0.6) is 11.5 Å². The molecule has 12 nitrogen and oxygen atoms in total. The van der Waals surface area contributed by atoms with E-state index in [1.165, 1.54) is 19.1 Å². The van der Waals surface area contributed by atoms with Gasteiger partial charge in [-0.15, -0.1) is 0 Å². The fourth-order valence-corrected chi connectivity index (χ4v) is 2.96. The summed E-state index contributed by atoms with van der Waals surface area (Å²) in [6.45, 7) is 14.7. The van der Waals surface area contributed by atoms with Crippen LogP contribution in [0, 0.1) is 11.8 Å². The van der Waals surface area contributed by atoms with Gasteiger partial charge in [0, 0.05) is 0 Å². The molecule has 1 rings (SSSR count). The van der Waals surface area contributed by atoms with Crippen molar-refractivity contribution in [3.05, 3.63) is 23.8 Å². The minimum absolute atomic E-state index is 0.00362. The Hall–Kier alpha value is -3.54. The number of hydrogen-bond acceptors (Lipinski definition) is 12. The summed E-state index contributed by atoms with van der Waals surface area (Å²) in [7, 11) is 0. The topological polar surface area (TPSA) is 159 Å². The van der Waals surface area contributed by atoms with Crippen LogP contribution in [0.15, 0.2) is 18.2 Å². The molecular weight excluding hydrogens is 538 g/mol. The molecule has 0 amide bonds. The summed E-state index contributed by atoms with van der Waals surface area (Å²) in [4.78, 5) is 48.6. The van der Waals surface area contributed by atoms with Gasteiger partial charge in [0.15, 0.2) is 11.5 Å². The van der Waals surface area contributed by atoms with Crippen molar-refractivity contribution in [1.82, 2.24) is 0 Å².